The minimum Gasteiger partial charge on any atom is -0.390 e. The third-order valence-electron chi connectivity index (χ3n) is 8.61. The third kappa shape index (κ3) is 5.83. The second-order valence-corrected chi connectivity index (χ2v) is 11.6. The molecular weight excluding hydrogens is 648 g/mol. The van der Waals surface area contributed by atoms with Gasteiger partial charge in [0.2, 0.25) is 0 Å². The van der Waals surface area contributed by atoms with Gasteiger partial charge in [-0.3, -0.25) is 0 Å². The van der Waals surface area contributed by atoms with Gasteiger partial charge in [0.25, 0.3) is 0 Å². The molecule has 2 aliphatic heterocycles. The molecule has 8 bridgehead atoms. The van der Waals surface area contributed by atoms with Crippen LogP contribution in [0.15, 0.2) is 97.1 Å². The van der Waals surface area contributed by atoms with Crippen LogP contribution in [0.2, 0.25) is 0 Å². The molecule has 11 heteroatoms. The fraction of sp³-hybridized carbons (Fsp3) is 0.158. The smallest absolute Gasteiger partial charge is 0.0927 e. The van der Waals surface area contributed by atoms with Crippen molar-refractivity contribution in [1.29, 1.82) is 0 Å². The van der Waals surface area contributed by atoms with Gasteiger partial charge < -0.3 is 40.1 Å². The van der Waals surface area contributed by atoms with Crippen LogP contribution >= 0.6 is 0 Å². The molecule has 5 heterocycles. The van der Waals surface area contributed by atoms with E-state index >= 15 is 0 Å². The van der Waals surface area contributed by atoms with Crippen LogP contribution in [-0.4, -0.2) is 52.3 Å². The summed E-state index contributed by atoms with van der Waals surface area (Å²) in [7, 11) is 0. The van der Waals surface area contributed by atoms with E-state index in [0.717, 1.165) is 43.8 Å². The molecule has 240 valence electrons. The second kappa shape index (κ2) is 13.4. The molecule has 7 aromatic rings. The first-order valence-corrected chi connectivity index (χ1v) is 16.0. The van der Waals surface area contributed by atoms with Crippen LogP contribution in [0.25, 0.3) is 89.7 Å². The number of fused-ring (bicyclic) bond motifs is 20. The van der Waals surface area contributed by atoms with E-state index in [9.17, 15) is 0 Å². The zero-order chi connectivity index (χ0) is 32.8. The number of aliphatic hydroxyl groups excluding tert-OH is 2. The topological polar surface area (TPSA) is 146 Å². The summed E-state index contributed by atoms with van der Waals surface area (Å²) in [6.07, 6.45) is 0.212. The number of hydrogen-bond acceptors (Lipinski definition) is 8. The van der Waals surface area contributed by atoms with Crippen molar-refractivity contribution in [2.24, 2.45) is 0 Å². The SMILES string of the molecule is CC[C@H](O)[C@@H](O)CC.[Ti].c1ccc2c(c1)-c1nc-2nc2[n-]c(nc3nc(nc4[n-]c(n1)c1ccccc41)-c1ccccc1-3)c1ccccc21. The van der Waals surface area contributed by atoms with Crippen molar-refractivity contribution in [1.82, 2.24) is 39.9 Å². The molecule has 0 amide bonds. The fourth-order valence-electron chi connectivity index (χ4n) is 6.00. The Morgan fingerprint density at radius 2 is 0.673 bits per heavy atom. The van der Waals surface area contributed by atoms with Gasteiger partial charge in [0.05, 0.1) is 35.5 Å². The molecule has 0 saturated heterocycles. The molecule has 2 aliphatic rings. The molecule has 9 rings (SSSR count). The quantitative estimate of drug-likeness (QED) is 0.195. The molecule has 2 atom stereocenters. The summed E-state index contributed by atoms with van der Waals surface area (Å²) in [4.78, 5) is 39.3. The maximum absolute atomic E-state index is 8.88. The van der Waals surface area contributed by atoms with Crippen molar-refractivity contribution in [3.8, 4) is 45.6 Å². The Hall–Kier alpha value is -5.13. The largest absolute Gasteiger partial charge is 0.390 e. The molecule has 0 aliphatic carbocycles. The first-order valence-electron chi connectivity index (χ1n) is 16.0. The molecule has 2 N–H and O–H groups in total. The summed E-state index contributed by atoms with van der Waals surface area (Å²) in [5.41, 5.74) is 5.78. The Balaban J connectivity index is 0.000000378. The van der Waals surface area contributed by atoms with Crippen LogP contribution in [0.1, 0.15) is 26.7 Å². The van der Waals surface area contributed by atoms with Crippen molar-refractivity contribution in [3.05, 3.63) is 97.1 Å². The monoisotopic (exact) mass is 678 g/mol. The predicted molar refractivity (Wildman–Crippen MR) is 187 cm³/mol. The Morgan fingerprint density at radius 3 is 0.918 bits per heavy atom. The zero-order valence-corrected chi connectivity index (χ0v) is 28.3. The average Bonchev–Trinajstić information content (AvgIpc) is 3.87. The number of aromatic nitrogens is 8. The standard InChI is InChI=1S/C32H16N8.C6H14O2.Ti/c1-2-10-18-17(9-1)25-33-26(18)38-28-21-13-5-6-14-22(21)30(35-28)40-32-24-16-8-7-15-23(24)31(36-32)39-29-20-12-4-3-11-19(20)27(34-29)37-25;1-3-5(7)6(8)4-2;/h1-16H;5-8H,3-4H2,1-2H3;/q-2;;/t;5-,6-;/m.0./s1. The maximum atomic E-state index is 8.88. The third-order valence-corrected chi connectivity index (χ3v) is 8.61. The van der Waals surface area contributed by atoms with E-state index in [2.05, 4.69) is 0 Å². The zero-order valence-electron chi connectivity index (χ0n) is 26.8. The number of hydrogen-bond donors (Lipinski definition) is 2. The van der Waals surface area contributed by atoms with E-state index in [1.54, 1.807) is 0 Å². The molecule has 10 nitrogen and oxygen atoms in total. The normalized spacial score (nSPS) is 12.7. The molecule has 0 unspecified atom stereocenters. The summed E-state index contributed by atoms with van der Waals surface area (Å²) >= 11 is 0. The van der Waals surface area contributed by atoms with Crippen LogP contribution in [0, 0.1) is 0 Å². The molecule has 0 fully saturated rings. The van der Waals surface area contributed by atoms with Gasteiger partial charge in [-0.1, -0.05) is 111 Å². The van der Waals surface area contributed by atoms with Gasteiger partial charge in [0.15, 0.2) is 0 Å². The summed E-state index contributed by atoms with van der Waals surface area (Å²) in [5, 5.41) is 21.3. The van der Waals surface area contributed by atoms with Gasteiger partial charge in [-0.25, -0.2) is 9.97 Å². The van der Waals surface area contributed by atoms with E-state index in [4.69, 9.17) is 50.1 Å². The van der Waals surface area contributed by atoms with Gasteiger partial charge in [0.1, 0.15) is 0 Å². The summed E-state index contributed by atoms with van der Waals surface area (Å²) in [6, 6.07) is 31.8. The van der Waals surface area contributed by atoms with Crippen molar-refractivity contribution in [2.75, 3.05) is 0 Å². The molecule has 0 radical (unpaired) electrons. The van der Waals surface area contributed by atoms with Crippen LogP contribution in [0.3, 0.4) is 0 Å². The fourth-order valence-corrected chi connectivity index (χ4v) is 6.00. The molecule has 0 spiro atoms. The minimum atomic E-state index is -0.528. The summed E-state index contributed by atoms with van der Waals surface area (Å²) < 4.78 is 0. The Kier molecular flexibility index (Phi) is 8.87. The second-order valence-electron chi connectivity index (χ2n) is 11.6. The van der Waals surface area contributed by atoms with Crippen molar-refractivity contribution in [2.45, 2.75) is 38.9 Å². The van der Waals surface area contributed by atoms with E-state index in [1.165, 1.54) is 0 Å². The van der Waals surface area contributed by atoms with Crippen LogP contribution in [0.5, 0.6) is 0 Å². The molecule has 49 heavy (non-hydrogen) atoms. The van der Waals surface area contributed by atoms with Gasteiger partial charge in [-0.15, -0.1) is 0 Å². The Labute approximate surface area is 296 Å². The first kappa shape index (κ1) is 32.4. The minimum absolute atomic E-state index is 0. The van der Waals surface area contributed by atoms with Gasteiger partial charge >= 0.3 is 0 Å². The van der Waals surface area contributed by atoms with E-state index < -0.39 is 12.2 Å². The Morgan fingerprint density at radius 1 is 0.429 bits per heavy atom. The van der Waals surface area contributed by atoms with Gasteiger partial charge in [0, 0.05) is 66.6 Å². The van der Waals surface area contributed by atoms with Crippen LogP contribution in [-0.2, 0) is 21.7 Å². The first-order chi connectivity index (χ1) is 23.5. The van der Waals surface area contributed by atoms with E-state index in [0.29, 0.717) is 58.7 Å². The van der Waals surface area contributed by atoms with Gasteiger partial charge in [-0.05, 0) is 34.4 Å². The molecule has 0 saturated carbocycles. The summed E-state index contributed by atoms with van der Waals surface area (Å²) in [5.74, 6) is 2.21. The van der Waals surface area contributed by atoms with Crippen molar-refractivity contribution >= 4 is 44.1 Å². The molecule has 4 aromatic carbocycles. The maximum Gasteiger partial charge on any atom is 0.0927 e. The summed E-state index contributed by atoms with van der Waals surface area (Å²) in [6.45, 7) is 3.70. The van der Waals surface area contributed by atoms with E-state index in [-0.39, 0.29) is 21.7 Å². The van der Waals surface area contributed by atoms with Crippen LogP contribution < -0.4 is 9.97 Å². The van der Waals surface area contributed by atoms with Gasteiger partial charge in [-0.2, -0.15) is 0 Å². The van der Waals surface area contributed by atoms with Crippen molar-refractivity contribution < 1.29 is 31.9 Å². The Bertz CT molecular complexity index is 2180. The number of benzene rings is 4. The number of nitrogens with zero attached hydrogens (tertiary/aromatic N) is 8. The van der Waals surface area contributed by atoms with E-state index in [1.807, 2.05) is 111 Å². The number of rotatable bonds is 3. The number of aliphatic hydroxyl groups is 2. The average molecular weight is 679 g/mol. The van der Waals surface area contributed by atoms with Crippen molar-refractivity contribution in [3.63, 3.8) is 0 Å². The van der Waals surface area contributed by atoms with Crippen LogP contribution in [0.4, 0.5) is 0 Å². The molecular formula is C38H30N8O2Ti-2. The predicted octanol–water partition coefficient (Wildman–Crippen LogP) is 6.65. The molecule has 3 aromatic heterocycles.